The van der Waals surface area contributed by atoms with Crippen LogP contribution >= 0.6 is 11.8 Å². The Bertz CT molecular complexity index is 725. The van der Waals surface area contributed by atoms with Crippen molar-refractivity contribution in [2.24, 2.45) is 0 Å². The topological polar surface area (TPSA) is 41.4 Å². The van der Waals surface area contributed by atoms with E-state index in [4.69, 9.17) is 0 Å². The first-order valence-electron chi connectivity index (χ1n) is 9.31. The summed E-state index contributed by atoms with van der Waals surface area (Å²) in [5.74, 6) is 2.84. The third-order valence-corrected chi connectivity index (χ3v) is 6.54. The standard InChI is InChI=1S/C19H26N4OS/c24-19(6-10-23-15-20-17-4-1-2-5-18(17)23)22-9-3-8-21(11-12-22)16-7-13-25-14-16/h1-2,4-5,15-16H,3,6-14H2. The average Bonchev–Trinajstić information content (AvgIpc) is 3.25. The number of hydrogen-bond acceptors (Lipinski definition) is 4. The van der Waals surface area contributed by atoms with Gasteiger partial charge in [0.15, 0.2) is 0 Å². The fourth-order valence-corrected chi connectivity index (χ4v) is 5.18. The number of para-hydroxylation sites is 2. The van der Waals surface area contributed by atoms with Gasteiger partial charge in [-0.1, -0.05) is 12.1 Å². The number of aryl methyl sites for hydroxylation is 1. The van der Waals surface area contributed by atoms with Crippen molar-refractivity contribution < 1.29 is 4.79 Å². The molecule has 1 aromatic heterocycles. The van der Waals surface area contributed by atoms with Crippen LogP contribution in [0.3, 0.4) is 0 Å². The fraction of sp³-hybridized carbons (Fsp3) is 0.579. The number of nitrogens with zero attached hydrogens (tertiary/aromatic N) is 4. The lowest BCUT2D eigenvalue weighted by atomic mass is 10.2. The Morgan fingerprint density at radius 2 is 2.12 bits per heavy atom. The van der Waals surface area contributed by atoms with Crippen molar-refractivity contribution in [3.8, 4) is 0 Å². The maximum absolute atomic E-state index is 12.7. The lowest BCUT2D eigenvalue weighted by molar-refractivity contribution is -0.131. The number of carbonyl (C=O) groups excluding carboxylic acids is 1. The second kappa shape index (κ2) is 7.79. The quantitative estimate of drug-likeness (QED) is 0.842. The maximum Gasteiger partial charge on any atom is 0.224 e. The second-order valence-corrected chi connectivity index (χ2v) is 8.11. The molecule has 6 heteroatoms. The summed E-state index contributed by atoms with van der Waals surface area (Å²) in [6.45, 7) is 4.66. The fourth-order valence-electron chi connectivity index (χ4n) is 3.92. The van der Waals surface area contributed by atoms with Crippen LogP contribution in [0.5, 0.6) is 0 Å². The molecule has 2 aliphatic heterocycles. The van der Waals surface area contributed by atoms with E-state index < -0.39 is 0 Å². The highest BCUT2D eigenvalue weighted by molar-refractivity contribution is 7.99. The SMILES string of the molecule is O=C(CCn1cnc2ccccc21)N1CCCN(C2CCSC2)CC1. The van der Waals surface area contributed by atoms with E-state index >= 15 is 0 Å². The number of hydrogen-bond donors (Lipinski definition) is 0. The molecule has 1 unspecified atom stereocenters. The van der Waals surface area contributed by atoms with Gasteiger partial charge in [0.25, 0.3) is 0 Å². The van der Waals surface area contributed by atoms with Crippen LogP contribution < -0.4 is 0 Å². The van der Waals surface area contributed by atoms with Crippen LogP contribution in [0, 0.1) is 0 Å². The molecule has 1 amide bonds. The van der Waals surface area contributed by atoms with E-state index in [1.807, 2.05) is 24.5 Å². The van der Waals surface area contributed by atoms with Gasteiger partial charge in [0.05, 0.1) is 17.4 Å². The Labute approximate surface area is 153 Å². The van der Waals surface area contributed by atoms with E-state index in [1.54, 1.807) is 0 Å². The number of thioether (sulfide) groups is 1. The average molecular weight is 359 g/mol. The van der Waals surface area contributed by atoms with Gasteiger partial charge in [-0.2, -0.15) is 11.8 Å². The van der Waals surface area contributed by atoms with Crippen LogP contribution in [0.4, 0.5) is 0 Å². The van der Waals surface area contributed by atoms with Crippen LogP contribution in [-0.4, -0.2) is 69.0 Å². The molecular formula is C19H26N4OS. The molecule has 25 heavy (non-hydrogen) atoms. The molecule has 4 rings (SSSR count). The van der Waals surface area contributed by atoms with Crippen molar-refractivity contribution in [3.63, 3.8) is 0 Å². The van der Waals surface area contributed by atoms with Crippen LogP contribution in [0.1, 0.15) is 19.3 Å². The van der Waals surface area contributed by atoms with E-state index in [-0.39, 0.29) is 5.91 Å². The Morgan fingerprint density at radius 3 is 3.00 bits per heavy atom. The van der Waals surface area contributed by atoms with Gasteiger partial charge in [-0.3, -0.25) is 9.69 Å². The van der Waals surface area contributed by atoms with Crippen LogP contribution in [0.25, 0.3) is 11.0 Å². The molecule has 134 valence electrons. The molecule has 2 aliphatic rings. The van der Waals surface area contributed by atoms with Crippen molar-refractivity contribution in [3.05, 3.63) is 30.6 Å². The Kier molecular flexibility index (Phi) is 5.27. The third-order valence-electron chi connectivity index (χ3n) is 5.40. The molecule has 0 saturated carbocycles. The number of carbonyl (C=O) groups is 1. The highest BCUT2D eigenvalue weighted by Gasteiger charge is 2.26. The molecule has 2 saturated heterocycles. The number of aromatic nitrogens is 2. The summed E-state index contributed by atoms with van der Waals surface area (Å²) in [5, 5.41) is 0. The number of benzene rings is 1. The number of rotatable bonds is 4. The van der Waals surface area contributed by atoms with Crippen molar-refractivity contribution in [1.82, 2.24) is 19.4 Å². The molecule has 1 aromatic carbocycles. The summed E-state index contributed by atoms with van der Waals surface area (Å²) in [6.07, 6.45) is 4.81. The highest BCUT2D eigenvalue weighted by atomic mass is 32.2. The Morgan fingerprint density at radius 1 is 1.20 bits per heavy atom. The van der Waals surface area contributed by atoms with E-state index in [2.05, 4.69) is 37.2 Å². The van der Waals surface area contributed by atoms with E-state index in [0.29, 0.717) is 13.0 Å². The van der Waals surface area contributed by atoms with Crippen LogP contribution in [0.2, 0.25) is 0 Å². The van der Waals surface area contributed by atoms with Gasteiger partial charge in [0, 0.05) is 50.9 Å². The number of fused-ring (bicyclic) bond motifs is 1. The summed E-state index contributed by atoms with van der Waals surface area (Å²) in [5.41, 5.74) is 2.10. The van der Waals surface area contributed by atoms with Crippen LogP contribution in [0.15, 0.2) is 30.6 Å². The smallest absolute Gasteiger partial charge is 0.224 e. The predicted molar refractivity (Wildman–Crippen MR) is 103 cm³/mol. The van der Waals surface area contributed by atoms with Gasteiger partial charge in [0.2, 0.25) is 5.91 Å². The molecule has 2 fully saturated rings. The first-order chi connectivity index (χ1) is 12.3. The Balaban J connectivity index is 1.32. The van der Waals surface area contributed by atoms with Gasteiger partial charge in [-0.15, -0.1) is 0 Å². The van der Waals surface area contributed by atoms with Gasteiger partial charge >= 0.3 is 0 Å². The molecule has 5 nitrogen and oxygen atoms in total. The number of imidazole rings is 1. The second-order valence-electron chi connectivity index (χ2n) is 6.96. The minimum atomic E-state index is 0.278. The summed E-state index contributed by atoms with van der Waals surface area (Å²) in [4.78, 5) is 21.8. The normalized spacial score (nSPS) is 22.4. The molecule has 0 aliphatic carbocycles. The first kappa shape index (κ1) is 16.9. The predicted octanol–water partition coefficient (Wildman–Crippen LogP) is 2.47. The molecule has 2 aromatic rings. The van der Waals surface area contributed by atoms with Gasteiger partial charge < -0.3 is 9.47 Å². The monoisotopic (exact) mass is 358 g/mol. The maximum atomic E-state index is 12.7. The van der Waals surface area contributed by atoms with Crippen molar-refractivity contribution in [2.45, 2.75) is 31.8 Å². The van der Waals surface area contributed by atoms with Gasteiger partial charge in [-0.05, 0) is 30.7 Å². The Hall–Kier alpha value is -1.53. The molecule has 3 heterocycles. The largest absolute Gasteiger partial charge is 0.341 e. The lowest BCUT2D eigenvalue weighted by Crippen LogP contribution is -2.39. The first-order valence-corrected chi connectivity index (χ1v) is 10.5. The minimum Gasteiger partial charge on any atom is -0.341 e. The third kappa shape index (κ3) is 3.85. The molecule has 0 bridgehead atoms. The summed E-state index contributed by atoms with van der Waals surface area (Å²) >= 11 is 2.07. The zero-order valence-electron chi connectivity index (χ0n) is 14.6. The molecule has 0 spiro atoms. The van der Waals surface area contributed by atoms with Crippen molar-refractivity contribution in [2.75, 3.05) is 37.7 Å². The van der Waals surface area contributed by atoms with E-state index in [0.717, 1.165) is 49.7 Å². The van der Waals surface area contributed by atoms with Gasteiger partial charge in [0.1, 0.15) is 0 Å². The van der Waals surface area contributed by atoms with Crippen LogP contribution in [-0.2, 0) is 11.3 Å². The number of amides is 1. The lowest BCUT2D eigenvalue weighted by Gasteiger charge is -2.26. The zero-order valence-corrected chi connectivity index (χ0v) is 15.5. The zero-order chi connectivity index (χ0) is 17.1. The molecule has 0 radical (unpaired) electrons. The van der Waals surface area contributed by atoms with Gasteiger partial charge in [-0.25, -0.2) is 4.98 Å². The van der Waals surface area contributed by atoms with E-state index in [9.17, 15) is 4.79 Å². The highest BCUT2D eigenvalue weighted by Crippen LogP contribution is 2.23. The molecule has 1 atom stereocenters. The molecule has 0 N–H and O–H groups in total. The molecular weight excluding hydrogens is 332 g/mol. The summed E-state index contributed by atoms with van der Waals surface area (Å²) in [6, 6.07) is 8.83. The minimum absolute atomic E-state index is 0.278. The van der Waals surface area contributed by atoms with E-state index in [1.165, 1.54) is 17.9 Å². The summed E-state index contributed by atoms with van der Waals surface area (Å²) in [7, 11) is 0. The van der Waals surface area contributed by atoms with Crippen molar-refractivity contribution in [1.29, 1.82) is 0 Å². The van der Waals surface area contributed by atoms with Crippen molar-refractivity contribution >= 4 is 28.7 Å². The summed E-state index contributed by atoms with van der Waals surface area (Å²) < 4.78 is 2.09.